The summed E-state index contributed by atoms with van der Waals surface area (Å²) < 4.78 is 5.68. The van der Waals surface area contributed by atoms with E-state index in [1.54, 1.807) is 0 Å². The molecule has 0 aromatic heterocycles. The summed E-state index contributed by atoms with van der Waals surface area (Å²) in [5.74, 6) is 0.888. The maximum atomic E-state index is 5.68. The lowest BCUT2D eigenvalue weighted by atomic mass is 10.1. The molecule has 0 heterocycles. The van der Waals surface area contributed by atoms with Gasteiger partial charge in [0, 0.05) is 19.0 Å². The average molecular weight is 266 g/mol. The van der Waals surface area contributed by atoms with Gasteiger partial charge in [0.05, 0.1) is 4.99 Å². The Morgan fingerprint density at radius 3 is 2.44 bits per heavy atom. The van der Waals surface area contributed by atoms with Gasteiger partial charge in [0.15, 0.2) is 0 Å². The molecule has 1 aromatic carbocycles. The van der Waals surface area contributed by atoms with Gasteiger partial charge in [0.2, 0.25) is 0 Å². The highest BCUT2D eigenvalue weighted by Crippen LogP contribution is 2.12. The lowest BCUT2D eigenvalue weighted by Gasteiger charge is -2.20. The second-order valence-corrected chi connectivity index (χ2v) is 5.23. The van der Waals surface area contributed by atoms with Crippen LogP contribution in [0, 0.1) is 0 Å². The molecule has 0 saturated carbocycles. The molecule has 18 heavy (non-hydrogen) atoms. The van der Waals surface area contributed by atoms with Crippen molar-refractivity contribution < 1.29 is 4.74 Å². The third kappa shape index (κ3) is 5.47. The fraction of sp³-hybridized carbons (Fsp3) is 0.500. The van der Waals surface area contributed by atoms with Crippen molar-refractivity contribution in [2.45, 2.75) is 26.3 Å². The molecule has 0 unspecified atom stereocenters. The van der Waals surface area contributed by atoms with E-state index in [1.807, 2.05) is 24.3 Å². The number of hydrogen-bond donors (Lipinski definition) is 1. The van der Waals surface area contributed by atoms with Crippen LogP contribution in [-0.2, 0) is 6.42 Å². The van der Waals surface area contributed by atoms with E-state index >= 15 is 0 Å². The maximum Gasteiger partial charge on any atom is 0.119 e. The van der Waals surface area contributed by atoms with Gasteiger partial charge >= 0.3 is 0 Å². The van der Waals surface area contributed by atoms with Gasteiger partial charge in [-0.25, -0.2) is 0 Å². The van der Waals surface area contributed by atoms with Gasteiger partial charge in [0.1, 0.15) is 12.4 Å². The Morgan fingerprint density at radius 2 is 1.94 bits per heavy atom. The predicted octanol–water partition coefficient (Wildman–Crippen LogP) is 2.23. The molecule has 3 nitrogen and oxygen atoms in total. The quantitative estimate of drug-likeness (QED) is 0.768. The fourth-order valence-electron chi connectivity index (χ4n) is 1.47. The first kappa shape index (κ1) is 14.9. The van der Waals surface area contributed by atoms with E-state index in [4.69, 9.17) is 22.7 Å². The van der Waals surface area contributed by atoms with Crippen LogP contribution >= 0.6 is 12.2 Å². The highest BCUT2D eigenvalue weighted by Gasteiger charge is 2.03. The Balaban J connectivity index is 2.37. The molecule has 0 amide bonds. The molecule has 0 bridgehead atoms. The van der Waals surface area contributed by atoms with Crippen LogP contribution in [0.4, 0.5) is 0 Å². The van der Waals surface area contributed by atoms with Crippen LogP contribution in [0.15, 0.2) is 24.3 Å². The van der Waals surface area contributed by atoms with Crippen LogP contribution in [0.3, 0.4) is 0 Å². The average Bonchev–Trinajstić information content (AvgIpc) is 2.30. The van der Waals surface area contributed by atoms with Gasteiger partial charge in [-0.1, -0.05) is 24.4 Å². The molecule has 1 aromatic rings. The molecule has 0 atom stereocenters. The second-order valence-electron chi connectivity index (χ2n) is 4.71. The molecule has 4 heteroatoms. The van der Waals surface area contributed by atoms with Gasteiger partial charge in [-0.05, 0) is 38.6 Å². The molecule has 0 radical (unpaired) electrons. The zero-order chi connectivity index (χ0) is 13.5. The molecular weight excluding hydrogens is 244 g/mol. The number of rotatable bonds is 7. The zero-order valence-electron chi connectivity index (χ0n) is 11.3. The Bertz CT molecular complexity index is 376. The highest BCUT2D eigenvalue weighted by molar-refractivity contribution is 7.80. The van der Waals surface area contributed by atoms with E-state index in [1.165, 1.54) is 0 Å². The summed E-state index contributed by atoms with van der Waals surface area (Å²) in [7, 11) is 2.10. The van der Waals surface area contributed by atoms with Crippen LogP contribution < -0.4 is 10.5 Å². The number of nitrogens with two attached hydrogens (primary N) is 1. The molecule has 0 fully saturated rings. The van der Waals surface area contributed by atoms with Crippen LogP contribution in [0.2, 0.25) is 0 Å². The van der Waals surface area contributed by atoms with Gasteiger partial charge in [-0.2, -0.15) is 0 Å². The minimum Gasteiger partial charge on any atom is -0.492 e. The minimum atomic E-state index is 0.516. The van der Waals surface area contributed by atoms with E-state index in [9.17, 15) is 0 Å². The molecule has 0 saturated heterocycles. The first-order valence-corrected chi connectivity index (χ1v) is 6.60. The topological polar surface area (TPSA) is 38.5 Å². The molecular formula is C14H22N2OS. The van der Waals surface area contributed by atoms with Crippen LogP contribution in [-0.4, -0.2) is 36.1 Å². The number of nitrogens with zero attached hydrogens (tertiary/aromatic N) is 1. The molecule has 0 aliphatic carbocycles. The Hall–Kier alpha value is -1.13. The SMILES string of the molecule is CC(C)N(C)CCOc1ccc(CC(N)=S)cc1. The number of thiocarbonyl (C=S) groups is 1. The molecule has 0 spiro atoms. The summed E-state index contributed by atoms with van der Waals surface area (Å²) in [4.78, 5) is 2.77. The monoisotopic (exact) mass is 266 g/mol. The van der Waals surface area contributed by atoms with Gasteiger partial charge in [0.25, 0.3) is 0 Å². The molecule has 1 rings (SSSR count). The first-order chi connectivity index (χ1) is 8.49. The summed E-state index contributed by atoms with van der Waals surface area (Å²) >= 11 is 4.87. The predicted molar refractivity (Wildman–Crippen MR) is 80.2 cm³/mol. The Morgan fingerprint density at radius 1 is 1.33 bits per heavy atom. The Kier molecular flexibility index (Phi) is 6.09. The van der Waals surface area contributed by atoms with Crippen molar-refractivity contribution in [3.8, 4) is 5.75 Å². The van der Waals surface area contributed by atoms with E-state index < -0.39 is 0 Å². The van der Waals surface area contributed by atoms with Crippen molar-refractivity contribution in [2.24, 2.45) is 5.73 Å². The minimum absolute atomic E-state index is 0.516. The summed E-state index contributed by atoms with van der Waals surface area (Å²) in [5, 5.41) is 0. The van der Waals surface area contributed by atoms with Crippen LogP contribution in [0.25, 0.3) is 0 Å². The van der Waals surface area contributed by atoms with E-state index in [2.05, 4.69) is 25.8 Å². The Labute approximate surface area is 115 Å². The fourth-order valence-corrected chi connectivity index (χ4v) is 1.64. The van der Waals surface area contributed by atoms with E-state index in [0.717, 1.165) is 17.9 Å². The first-order valence-electron chi connectivity index (χ1n) is 6.19. The van der Waals surface area contributed by atoms with Crippen molar-refractivity contribution in [3.63, 3.8) is 0 Å². The molecule has 2 N–H and O–H groups in total. The molecule has 0 aliphatic heterocycles. The lowest BCUT2D eigenvalue weighted by Crippen LogP contribution is -2.30. The molecule has 0 aliphatic rings. The van der Waals surface area contributed by atoms with Gasteiger partial charge in [-0.15, -0.1) is 0 Å². The second kappa shape index (κ2) is 7.34. The van der Waals surface area contributed by atoms with Gasteiger partial charge in [-0.3, -0.25) is 0 Å². The summed E-state index contributed by atoms with van der Waals surface area (Å²) in [6, 6.07) is 8.47. The maximum absolute atomic E-state index is 5.68. The number of ether oxygens (including phenoxy) is 1. The lowest BCUT2D eigenvalue weighted by molar-refractivity contribution is 0.208. The van der Waals surface area contributed by atoms with Crippen molar-refractivity contribution >= 4 is 17.2 Å². The van der Waals surface area contributed by atoms with Crippen molar-refractivity contribution in [2.75, 3.05) is 20.2 Å². The smallest absolute Gasteiger partial charge is 0.119 e. The third-order valence-corrected chi connectivity index (χ3v) is 3.04. The highest BCUT2D eigenvalue weighted by atomic mass is 32.1. The number of benzene rings is 1. The zero-order valence-corrected chi connectivity index (χ0v) is 12.2. The standard InChI is InChI=1S/C14H22N2OS/c1-11(2)16(3)8-9-17-13-6-4-12(5-7-13)10-14(15)18/h4-7,11H,8-10H2,1-3H3,(H2,15,18). The van der Waals surface area contributed by atoms with E-state index in [-0.39, 0.29) is 0 Å². The molecule has 100 valence electrons. The van der Waals surface area contributed by atoms with Crippen molar-refractivity contribution in [3.05, 3.63) is 29.8 Å². The van der Waals surface area contributed by atoms with E-state index in [0.29, 0.717) is 24.1 Å². The number of hydrogen-bond acceptors (Lipinski definition) is 3. The largest absolute Gasteiger partial charge is 0.492 e. The summed E-state index contributed by atoms with van der Waals surface area (Å²) in [5.41, 5.74) is 6.62. The normalized spacial score (nSPS) is 10.9. The van der Waals surface area contributed by atoms with Crippen LogP contribution in [0.5, 0.6) is 5.75 Å². The van der Waals surface area contributed by atoms with Gasteiger partial charge < -0.3 is 15.4 Å². The van der Waals surface area contributed by atoms with Crippen LogP contribution in [0.1, 0.15) is 19.4 Å². The van der Waals surface area contributed by atoms with Crippen molar-refractivity contribution in [1.29, 1.82) is 0 Å². The number of likely N-dealkylation sites (N-methyl/N-ethyl adjacent to an activating group) is 1. The van der Waals surface area contributed by atoms with Crippen molar-refractivity contribution in [1.82, 2.24) is 4.90 Å². The third-order valence-electron chi connectivity index (χ3n) is 2.90. The summed E-state index contributed by atoms with van der Waals surface area (Å²) in [6.45, 7) is 5.96. The summed E-state index contributed by atoms with van der Waals surface area (Å²) in [6.07, 6.45) is 0.645.